The number of aliphatic imine (C=N–C) groups is 1. The molecule has 0 atom stereocenters. The molecule has 0 aromatic heterocycles. The average molecular weight is 427 g/mol. The number of ether oxygens (including phenoxy) is 1. The van der Waals surface area contributed by atoms with E-state index in [4.69, 9.17) is 4.74 Å². The summed E-state index contributed by atoms with van der Waals surface area (Å²) in [6.45, 7) is 5.02. The lowest BCUT2D eigenvalue weighted by molar-refractivity contribution is 0.0782. The second-order valence-corrected chi connectivity index (χ2v) is 7.51. The van der Waals surface area contributed by atoms with Gasteiger partial charge in [0.15, 0.2) is 5.96 Å². The minimum absolute atomic E-state index is 0. The molecular formula is C15H30IN3OS. The minimum atomic E-state index is 0. The lowest BCUT2D eigenvalue weighted by Gasteiger charge is -2.37. The molecule has 2 fully saturated rings. The Hall–Kier alpha value is 0.310. The molecule has 0 aromatic rings. The fourth-order valence-corrected chi connectivity index (χ4v) is 4.37. The molecule has 0 amide bonds. The van der Waals surface area contributed by atoms with Gasteiger partial charge in [-0.1, -0.05) is 19.8 Å². The quantitative estimate of drug-likeness (QED) is 0.402. The van der Waals surface area contributed by atoms with Gasteiger partial charge in [0, 0.05) is 37.6 Å². The van der Waals surface area contributed by atoms with Crippen molar-refractivity contribution in [3.05, 3.63) is 0 Å². The molecule has 1 aliphatic carbocycles. The highest BCUT2D eigenvalue weighted by atomic mass is 127. The van der Waals surface area contributed by atoms with Gasteiger partial charge in [-0.2, -0.15) is 11.8 Å². The van der Waals surface area contributed by atoms with Crippen molar-refractivity contribution in [2.45, 2.75) is 56.2 Å². The van der Waals surface area contributed by atoms with Crippen LogP contribution in [0.1, 0.15) is 45.4 Å². The molecule has 1 heterocycles. The van der Waals surface area contributed by atoms with E-state index in [2.05, 4.69) is 34.3 Å². The minimum Gasteiger partial charge on any atom is -0.381 e. The molecule has 6 heteroatoms. The number of thioether (sulfide) groups is 1. The fraction of sp³-hybridized carbons (Fsp3) is 0.933. The molecule has 0 unspecified atom stereocenters. The summed E-state index contributed by atoms with van der Waals surface area (Å²) >= 11 is 2.07. The Morgan fingerprint density at radius 1 is 1.29 bits per heavy atom. The second-order valence-electron chi connectivity index (χ2n) is 5.78. The van der Waals surface area contributed by atoms with Gasteiger partial charge < -0.3 is 15.4 Å². The molecule has 1 aliphatic heterocycles. The molecule has 0 radical (unpaired) electrons. The smallest absolute Gasteiger partial charge is 0.191 e. The van der Waals surface area contributed by atoms with Crippen LogP contribution in [-0.2, 0) is 4.74 Å². The van der Waals surface area contributed by atoms with Gasteiger partial charge in [-0.15, -0.1) is 24.0 Å². The first-order valence-corrected chi connectivity index (χ1v) is 8.95. The highest BCUT2D eigenvalue weighted by Crippen LogP contribution is 2.34. The molecule has 1 saturated carbocycles. The van der Waals surface area contributed by atoms with Crippen molar-refractivity contribution in [3.63, 3.8) is 0 Å². The van der Waals surface area contributed by atoms with Crippen molar-refractivity contribution in [1.29, 1.82) is 0 Å². The molecule has 2 rings (SSSR count). The third kappa shape index (κ3) is 6.14. The van der Waals surface area contributed by atoms with Crippen LogP contribution in [0.3, 0.4) is 0 Å². The van der Waals surface area contributed by atoms with Crippen LogP contribution in [0.4, 0.5) is 0 Å². The van der Waals surface area contributed by atoms with E-state index in [0.717, 1.165) is 44.3 Å². The SMILES string of the molecule is CCSC1(CNC(=NC)NC2CCCC2)CCOCC1.I. The summed E-state index contributed by atoms with van der Waals surface area (Å²) in [7, 11) is 1.87. The zero-order chi connectivity index (χ0) is 14.3. The number of nitrogens with zero attached hydrogens (tertiary/aromatic N) is 1. The van der Waals surface area contributed by atoms with Crippen molar-refractivity contribution < 1.29 is 4.74 Å². The lowest BCUT2D eigenvalue weighted by atomic mass is 9.99. The summed E-state index contributed by atoms with van der Waals surface area (Å²) in [5.41, 5.74) is 0. The topological polar surface area (TPSA) is 45.7 Å². The standard InChI is InChI=1S/C15H29N3OS.HI/c1-3-20-15(8-10-19-11-9-15)12-17-14(16-2)18-13-6-4-5-7-13;/h13H,3-12H2,1-2H3,(H2,16,17,18);1H. The maximum atomic E-state index is 5.52. The Bertz CT molecular complexity index is 311. The fourth-order valence-electron chi connectivity index (χ4n) is 3.12. The maximum Gasteiger partial charge on any atom is 0.191 e. The summed E-state index contributed by atoms with van der Waals surface area (Å²) in [4.78, 5) is 4.38. The molecule has 2 aliphatic rings. The van der Waals surface area contributed by atoms with Crippen LogP contribution in [0.2, 0.25) is 0 Å². The first-order valence-electron chi connectivity index (χ1n) is 7.97. The Morgan fingerprint density at radius 3 is 2.52 bits per heavy atom. The van der Waals surface area contributed by atoms with E-state index >= 15 is 0 Å². The normalized spacial score (nSPS) is 22.7. The van der Waals surface area contributed by atoms with Crippen LogP contribution in [0.5, 0.6) is 0 Å². The van der Waals surface area contributed by atoms with E-state index in [1.54, 1.807) is 0 Å². The van der Waals surface area contributed by atoms with Gasteiger partial charge in [0.2, 0.25) is 0 Å². The largest absolute Gasteiger partial charge is 0.381 e. The Kier molecular flexibility index (Phi) is 9.36. The lowest BCUT2D eigenvalue weighted by Crippen LogP contribution is -2.49. The molecule has 0 spiro atoms. The summed E-state index contributed by atoms with van der Waals surface area (Å²) in [5, 5.41) is 7.12. The summed E-state index contributed by atoms with van der Waals surface area (Å²) in [6.07, 6.45) is 7.54. The van der Waals surface area contributed by atoms with Crippen molar-refractivity contribution in [2.75, 3.05) is 32.6 Å². The molecule has 0 bridgehead atoms. The van der Waals surface area contributed by atoms with Crippen molar-refractivity contribution in [1.82, 2.24) is 10.6 Å². The van der Waals surface area contributed by atoms with Gasteiger partial charge in [0.05, 0.1) is 0 Å². The van der Waals surface area contributed by atoms with Crippen molar-refractivity contribution >= 4 is 41.7 Å². The molecule has 0 aromatic carbocycles. The van der Waals surface area contributed by atoms with E-state index in [9.17, 15) is 0 Å². The third-order valence-electron chi connectivity index (χ3n) is 4.35. The Balaban J connectivity index is 0.00000220. The van der Waals surface area contributed by atoms with Crippen molar-refractivity contribution in [3.8, 4) is 0 Å². The number of hydrogen-bond donors (Lipinski definition) is 2. The first kappa shape index (κ1) is 19.4. The molecule has 124 valence electrons. The van der Waals surface area contributed by atoms with E-state index < -0.39 is 0 Å². The van der Waals surface area contributed by atoms with Crippen LogP contribution >= 0.6 is 35.7 Å². The van der Waals surface area contributed by atoms with Crippen LogP contribution in [0.25, 0.3) is 0 Å². The van der Waals surface area contributed by atoms with E-state index in [-0.39, 0.29) is 24.0 Å². The zero-order valence-electron chi connectivity index (χ0n) is 13.3. The number of rotatable bonds is 5. The highest BCUT2D eigenvalue weighted by molar-refractivity contribution is 14.0. The average Bonchev–Trinajstić information content (AvgIpc) is 2.98. The van der Waals surface area contributed by atoms with Crippen LogP contribution < -0.4 is 10.6 Å². The Morgan fingerprint density at radius 2 is 1.95 bits per heavy atom. The van der Waals surface area contributed by atoms with E-state index in [1.807, 2.05) is 7.05 Å². The Labute approximate surface area is 150 Å². The van der Waals surface area contributed by atoms with Gasteiger partial charge in [0.25, 0.3) is 0 Å². The summed E-state index contributed by atoms with van der Waals surface area (Å²) < 4.78 is 5.84. The predicted octanol–water partition coefficient (Wildman–Crippen LogP) is 3.01. The number of guanidine groups is 1. The zero-order valence-corrected chi connectivity index (χ0v) is 16.5. The first-order chi connectivity index (χ1) is 9.78. The van der Waals surface area contributed by atoms with Crippen LogP contribution in [-0.4, -0.2) is 49.3 Å². The second kappa shape index (κ2) is 10.2. The van der Waals surface area contributed by atoms with Gasteiger partial charge in [-0.3, -0.25) is 4.99 Å². The maximum absolute atomic E-state index is 5.52. The molecule has 4 nitrogen and oxygen atoms in total. The van der Waals surface area contributed by atoms with Crippen LogP contribution in [0, 0.1) is 0 Å². The number of halogens is 1. The molecule has 1 saturated heterocycles. The predicted molar refractivity (Wildman–Crippen MR) is 103 cm³/mol. The highest BCUT2D eigenvalue weighted by Gasteiger charge is 2.32. The van der Waals surface area contributed by atoms with Gasteiger partial charge in [-0.05, 0) is 31.4 Å². The van der Waals surface area contributed by atoms with Gasteiger partial charge >= 0.3 is 0 Å². The number of hydrogen-bond acceptors (Lipinski definition) is 3. The monoisotopic (exact) mass is 427 g/mol. The summed E-state index contributed by atoms with van der Waals surface area (Å²) in [5.74, 6) is 2.13. The third-order valence-corrected chi connectivity index (χ3v) is 5.81. The van der Waals surface area contributed by atoms with Gasteiger partial charge in [-0.25, -0.2) is 0 Å². The molecule has 2 N–H and O–H groups in total. The number of nitrogens with one attached hydrogen (secondary N) is 2. The van der Waals surface area contributed by atoms with Crippen molar-refractivity contribution in [2.24, 2.45) is 4.99 Å². The van der Waals surface area contributed by atoms with Gasteiger partial charge in [0.1, 0.15) is 0 Å². The van der Waals surface area contributed by atoms with E-state index in [0.29, 0.717) is 10.8 Å². The summed E-state index contributed by atoms with van der Waals surface area (Å²) in [6, 6.07) is 0.616. The molecular weight excluding hydrogens is 397 g/mol. The van der Waals surface area contributed by atoms with Crippen LogP contribution in [0.15, 0.2) is 4.99 Å². The molecule has 21 heavy (non-hydrogen) atoms. The van der Waals surface area contributed by atoms with E-state index in [1.165, 1.54) is 25.7 Å².